The monoisotopic (exact) mass is 373 g/mol. The summed E-state index contributed by atoms with van der Waals surface area (Å²) in [5.74, 6) is 0. The summed E-state index contributed by atoms with van der Waals surface area (Å²) >= 11 is 0. The van der Waals surface area contributed by atoms with Gasteiger partial charge in [0.05, 0.1) is 10.6 Å². The number of benzene rings is 2. The highest BCUT2D eigenvalue weighted by molar-refractivity contribution is 7.89. The molecule has 140 valence electrons. The summed E-state index contributed by atoms with van der Waals surface area (Å²) in [4.78, 5) is 4.73. The number of hydrogen-bond donors (Lipinski definition) is 1. The second kappa shape index (κ2) is 7.88. The zero-order chi connectivity index (χ0) is 18.6. The first-order valence-electron chi connectivity index (χ1n) is 8.96. The summed E-state index contributed by atoms with van der Waals surface area (Å²) in [5, 5.41) is 0. The zero-order valence-corrected chi connectivity index (χ0v) is 16.2. The molecule has 26 heavy (non-hydrogen) atoms. The molecule has 0 amide bonds. The number of rotatable bonds is 5. The van der Waals surface area contributed by atoms with Crippen LogP contribution < -0.4 is 4.72 Å². The summed E-state index contributed by atoms with van der Waals surface area (Å²) in [6, 6.07) is 18.8. The Morgan fingerprint density at radius 3 is 2.27 bits per heavy atom. The van der Waals surface area contributed by atoms with E-state index in [1.807, 2.05) is 38.2 Å². The summed E-state index contributed by atoms with van der Waals surface area (Å²) < 4.78 is 28.9. The third kappa shape index (κ3) is 4.51. The molecule has 2 aromatic rings. The predicted molar refractivity (Wildman–Crippen MR) is 104 cm³/mol. The van der Waals surface area contributed by atoms with E-state index in [1.165, 1.54) is 5.56 Å². The summed E-state index contributed by atoms with van der Waals surface area (Å²) in [5.41, 5.74) is 0.498. The van der Waals surface area contributed by atoms with Gasteiger partial charge in [-0.05, 0) is 44.6 Å². The third-order valence-electron chi connectivity index (χ3n) is 4.87. The molecule has 0 aliphatic carbocycles. The van der Waals surface area contributed by atoms with Gasteiger partial charge in [-0.1, -0.05) is 48.5 Å². The van der Waals surface area contributed by atoms with Crippen LogP contribution in [0.25, 0.3) is 0 Å². The van der Waals surface area contributed by atoms with Gasteiger partial charge in [-0.3, -0.25) is 4.90 Å². The maximum absolute atomic E-state index is 13.0. The molecule has 1 heterocycles. The normalized spacial score (nSPS) is 22.8. The van der Waals surface area contributed by atoms with E-state index in [-0.39, 0.29) is 0 Å². The molecule has 0 radical (unpaired) electrons. The molecule has 0 saturated carbocycles. The molecule has 6 heteroatoms. The summed E-state index contributed by atoms with van der Waals surface area (Å²) in [6.45, 7) is 5.12. The van der Waals surface area contributed by atoms with Crippen LogP contribution in [-0.4, -0.2) is 50.6 Å². The van der Waals surface area contributed by atoms with Crippen molar-refractivity contribution in [3.63, 3.8) is 0 Å². The topological polar surface area (TPSA) is 52.6 Å². The average Bonchev–Trinajstić information content (AvgIpc) is 2.74. The number of nitrogens with zero attached hydrogens (tertiary/aromatic N) is 2. The van der Waals surface area contributed by atoms with Crippen molar-refractivity contribution in [3.05, 3.63) is 66.2 Å². The molecule has 1 unspecified atom stereocenters. The molecule has 1 saturated heterocycles. The van der Waals surface area contributed by atoms with Gasteiger partial charge < -0.3 is 4.90 Å². The summed E-state index contributed by atoms with van der Waals surface area (Å²) in [7, 11) is -1.56. The van der Waals surface area contributed by atoms with E-state index in [1.54, 1.807) is 24.3 Å². The Kier molecular flexibility index (Phi) is 5.77. The molecule has 1 atom stereocenters. The molecular formula is C20H27N3O2S. The zero-order valence-electron chi connectivity index (χ0n) is 15.4. The molecule has 1 fully saturated rings. The van der Waals surface area contributed by atoms with Gasteiger partial charge in [-0.15, -0.1) is 0 Å². The smallest absolute Gasteiger partial charge is 0.242 e. The molecule has 1 aliphatic rings. The van der Waals surface area contributed by atoms with E-state index in [0.717, 1.165) is 19.5 Å². The first-order chi connectivity index (χ1) is 12.4. The molecule has 0 aromatic heterocycles. The van der Waals surface area contributed by atoms with Gasteiger partial charge in [0.15, 0.2) is 0 Å². The lowest BCUT2D eigenvalue weighted by atomic mass is 10.1. The molecule has 1 N–H and O–H groups in total. The van der Waals surface area contributed by atoms with E-state index >= 15 is 0 Å². The van der Waals surface area contributed by atoms with Crippen molar-refractivity contribution in [2.24, 2.45) is 0 Å². The van der Waals surface area contributed by atoms with Crippen molar-refractivity contribution >= 4 is 10.0 Å². The Bertz CT molecular complexity index is 811. The first-order valence-corrected chi connectivity index (χ1v) is 10.4. The van der Waals surface area contributed by atoms with E-state index in [4.69, 9.17) is 0 Å². The van der Waals surface area contributed by atoms with Crippen molar-refractivity contribution in [3.8, 4) is 0 Å². The van der Waals surface area contributed by atoms with E-state index in [9.17, 15) is 8.42 Å². The fourth-order valence-electron chi connectivity index (χ4n) is 3.59. The van der Waals surface area contributed by atoms with Gasteiger partial charge in [-0.2, -0.15) is 4.72 Å². The SMILES string of the molecule is CN1CCCN(Cc2ccccc2)C(C)(NS(=O)(=O)c2ccccc2)C1. The van der Waals surface area contributed by atoms with Crippen LogP contribution in [0.5, 0.6) is 0 Å². The maximum Gasteiger partial charge on any atom is 0.242 e. The Labute approximate surface area is 156 Å². The lowest BCUT2D eigenvalue weighted by molar-refractivity contribution is 0.0772. The predicted octanol–water partition coefficient (Wildman–Crippen LogP) is 2.52. The van der Waals surface area contributed by atoms with Gasteiger partial charge in [0.1, 0.15) is 0 Å². The van der Waals surface area contributed by atoms with Crippen LogP contribution in [-0.2, 0) is 16.6 Å². The van der Waals surface area contributed by atoms with Crippen molar-refractivity contribution in [1.29, 1.82) is 0 Å². The Hall–Kier alpha value is -1.73. The molecular weight excluding hydrogens is 346 g/mol. The number of nitrogens with one attached hydrogen (secondary N) is 1. The van der Waals surface area contributed by atoms with E-state index < -0.39 is 15.7 Å². The Balaban J connectivity index is 1.89. The van der Waals surface area contributed by atoms with Gasteiger partial charge in [-0.25, -0.2) is 8.42 Å². The van der Waals surface area contributed by atoms with E-state index in [0.29, 0.717) is 18.0 Å². The molecule has 1 aliphatic heterocycles. The van der Waals surface area contributed by atoms with Gasteiger partial charge >= 0.3 is 0 Å². The van der Waals surface area contributed by atoms with Crippen molar-refractivity contribution in [2.75, 3.05) is 26.7 Å². The second-order valence-corrected chi connectivity index (χ2v) is 8.87. The highest BCUT2D eigenvalue weighted by atomic mass is 32.2. The second-order valence-electron chi connectivity index (χ2n) is 7.19. The number of likely N-dealkylation sites (N-methyl/N-ethyl adjacent to an activating group) is 1. The van der Waals surface area contributed by atoms with Crippen molar-refractivity contribution in [2.45, 2.75) is 30.4 Å². The van der Waals surface area contributed by atoms with E-state index in [2.05, 4.69) is 26.7 Å². The minimum absolute atomic E-state index is 0.299. The molecule has 0 spiro atoms. The van der Waals surface area contributed by atoms with Crippen LogP contribution in [0.2, 0.25) is 0 Å². The lowest BCUT2D eigenvalue weighted by Crippen LogP contribution is -2.61. The van der Waals surface area contributed by atoms with Gasteiger partial charge in [0.25, 0.3) is 0 Å². The number of sulfonamides is 1. The van der Waals surface area contributed by atoms with Gasteiger partial charge in [0.2, 0.25) is 10.0 Å². The quantitative estimate of drug-likeness (QED) is 0.875. The fourth-order valence-corrected chi connectivity index (χ4v) is 4.99. The van der Waals surface area contributed by atoms with Crippen molar-refractivity contribution < 1.29 is 8.42 Å². The molecule has 0 bridgehead atoms. The molecule has 3 rings (SSSR count). The minimum Gasteiger partial charge on any atom is -0.303 e. The third-order valence-corrected chi connectivity index (χ3v) is 6.47. The Morgan fingerprint density at radius 2 is 1.62 bits per heavy atom. The number of hydrogen-bond acceptors (Lipinski definition) is 4. The highest BCUT2D eigenvalue weighted by Gasteiger charge is 2.38. The fraction of sp³-hybridized carbons (Fsp3) is 0.400. The standard InChI is InChI=1S/C20H27N3O2S/c1-20(21-26(24,25)19-12-7-4-8-13-19)17-22(2)14-9-15-23(20)16-18-10-5-3-6-11-18/h3-8,10-13,21H,9,14-17H2,1-2H3. The van der Waals surface area contributed by atoms with Crippen LogP contribution in [0.3, 0.4) is 0 Å². The average molecular weight is 374 g/mol. The van der Waals surface area contributed by atoms with Crippen LogP contribution in [0.1, 0.15) is 18.9 Å². The van der Waals surface area contributed by atoms with Crippen LogP contribution in [0.4, 0.5) is 0 Å². The van der Waals surface area contributed by atoms with Crippen LogP contribution in [0.15, 0.2) is 65.6 Å². The molecule has 5 nitrogen and oxygen atoms in total. The van der Waals surface area contributed by atoms with Gasteiger partial charge in [0, 0.05) is 19.6 Å². The van der Waals surface area contributed by atoms with Crippen LogP contribution in [0, 0.1) is 0 Å². The Morgan fingerprint density at radius 1 is 1.00 bits per heavy atom. The molecule has 2 aromatic carbocycles. The maximum atomic E-state index is 13.0. The van der Waals surface area contributed by atoms with Crippen molar-refractivity contribution in [1.82, 2.24) is 14.5 Å². The minimum atomic E-state index is -3.60. The first kappa shape index (κ1) is 19.0. The summed E-state index contributed by atoms with van der Waals surface area (Å²) in [6.07, 6.45) is 1.01. The highest BCUT2D eigenvalue weighted by Crippen LogP contribution is 2.23. The lowest BCUT2D eigenvalue weighted by Gasteiger charge is -2.41. The largest absolute Gasteiger partial charge is 0.303 e. The van der Waals surface area contributed by atoms with Crippen LogP contribution >= 0.6 is 0 Å².